The Morgan fingerprint density at radius 2 is 1.91 bits per heavy atom. The molecule has 0 aliphatic rings. The summed E-state index contributed by atoms with van der Waals surface area (Å²) in [6.45, 7) is 1.35. The van der Waals surface area contributed by atoms with Gasteiger partial charge in [0.1, 0.15) is 0 Å². The molecule has 2 aromatic rings. The largest absolute Gasteiger partial charge is 0.383 e. The van der Waals surface area contributed by atoms with Gasteiger partial charge in [0.25, 0.3) is 0 Å². The van der Waals surface area contributed by atoms with Gasteiger partial charge in [0, 0.05) is 38.4 Å². The highest BCUT2D eigenvalue weighted by molar-refractivity contribution is 6.39. The molecule has 1 aromatic carbocycles. The van der Waals surface area contributed by atoms with Crippen LogP contribution in [0.25, 0.3) is 10.9 Å². The number of anilines is 1. The third-order valence-electron chi connectivity index (χ3n) is 3.31. The fourth-order valence-electron chi connectivity index (χ4n) is 2.06. The van der Waals surface area contributed by atoms with Crippen LogP contribution in [-0.4, -0.2) is 67.4 Å². The van der Waals surface area contributed by atoms with E-state index in [1.165, 1.54) is 4.90 Å². The number of H-pyrrole nitrogens is 1. The van der Waals surface area contributed by atoms with Crippen LogP contribution < -0.4 is 5.32 Å². The monoisotopic (exact) mass is 320 g/mol. The number of benzene rings is 1. The second-order valence-electron chi connectivity index (χ2n) is 4.90. The van der Waals surface area contributed by atoms with Gasteiger partial charge < -0.3 is 19.7 Å². The lowest BCUT2D eigenvalue weighted by Crippen LogP contribution is -2.43. The van der Waals surface area contributed by atoms with Gasteiger partial charge in [0.05, 0.1) is 24.9 Å². The minimum Gasteiger partial charge on any atom is -0.383 e. The van der Waals surface area contributed by atoms with Gasteiger partial charge in [-0.1, -0.05) is 0 Å². The normalized spacial score (nSPS) is 10.7. The van der Waals surface area contributed by atoms with Crippen LogP contribution in [0.3, 0.4) is 0 Å². The number of nitrogens with zero attached hydrogens (tertiary/aromatic N) is 2. The van der Waals surface area contributed by atoms with Crippen LogP contribution in [-0.2, 0) is 19.1 Å². The summed E-state index contributed by atoms with van der Waals surface area (Å²) in [7, 11) is 3.08. The van der Waals surface area contributed by atoms with E-state index >= 15 is 0 Å². The predicted molar refractivity (Wildman–Crippen MR) is 85.1 cm³/mol. The van der Waals surface area contributed by atoms with Crippen molar-refractivity contribution in [2.24, 2.45) is 0 Å². The standard InChI is InChI=1S/C15H20N4O4/c1-22-7-5-19(6-8-23-2)15(21)14(20)17-12-4-3-11-10-16-18-13(11)9-12/h3-4,9-10H,5-8H2,1-2H3,(H,16,18)(H,17,20). The van der Waals surface area contributed by atoms with Crippen LogP contribution >= 0.6 is 0 Å². The highest BCUT2D eigenvalue weighted by Crippen LogP contribution is 2.16. The molecule has 124 valence electrons. The first-order chi connectivity index (χ1) is 11.2. The van der Waals surface area contributed by atoms with Crippen LogP contribution in [0.15, 0.2) is 24.4 Å². The highest BCUT2D eigenvalue weighted by atomic mass is 16.5. The van der Waals surface area contributed by atoms with Crippen molar-refractivity contribution in [1.82, 2.24) is 15.1 Å². The van der Waals surface area contributed by atoms with E-state index in [1.54, 1.807) is 32.5 Å². The number of ether oxygens (including phenoxy) is 2. The van der Waals surface area contributed by atoms with Crippen molar-refractivity contribution in [3.63, 3.8) is 0 Å². The fourth-order valence-corrected chi connectivity index (χ4v) is 2.06. The Morgan fingerprint density at radius 1 is 1.22 bits per heavy atom. The molecule has 2 amide bonds. The topological polar surface area (TPSA) is 96.6 Å². The maximum Gasteiger partial charge on any atom is 0.313 e. The molecule has 0 radical (unpaired) electrons. The highest BCUT2D eigenvalue weighted by Gasteiger charge is 2.21. The molecule has 8 heteroatoms. The predicted octanol–water partition coefficient (Wildman–Crippen LogP) is 0.623. The minimum atomic E-state index is -0.698. The zero-order valence-corrected chi connectivity index (χ0v) is 13.2. The molecule has 1 aromatic heterocycles. The quantitative estimate of drug-likeness (QED) is 0.729. The van der Waals surface area contributed by atoms with E-state index in [1.807, 2.05) is 6.07 Å². The molecule has 0 saturated heterocycles. The fraction of sp³-hybridized carbons (Fsp3) is 0.400. The van der Waals surface area contributed by atoms with E-state index in [-0.39, 0.29) is 0 Å². The number of aromatic nitrogens is 2. The van der Waals surface area contributed by atoms with E-state index in [9.17, 15) is 9.59 Å². The van der Waals surface area contributed by atoms with Gasteiger partial charge in [-0.2, -0.15) is 5.10 Å². The second-order valence-corrected chi connectivity index (χ2v) is 4.90. The molecule has 0 unspecified atom stereocenters. The first kappa shape index (κ1) is 16.9. The Bertz CT molecular complexity index is 662. The van der Waals surface area contributed by atoms with Gasteiger partial charge in [0.2, 0.25) is 0 Å². The molecule has 0 aliphatic heterocycles. The summed E-state index contributed by atoms with van der Waals surface area (Å²) in [6, 6.07) is 5.26. The van der Waals surface area contributed by atoms with Crippen molar-refractivity contribution >= 4 is 28.4 Å². The van der Waals surface area contributed by atoms with Crippen molar-refractivity contribution in [2.45, 2.75) is 0 Å². The van der Waals surface area contributed by atoms with Gasteiger partial charge >= 0.3 is 11.8 Å². The molecular weight excluding hydrogens is 300 g/mol. The lowest BCUT2D eigenvalue weighted by molar-refractivity contribution is -0.144. The Morgan fingerprint density at radius 3 is 2.57 bits per heavy atom. The van der Waals surface area contributed by atoms with Crippen LogP contribution in [0.1, 0.15) is 0 Å². The SMILES string of the molecule is COCCN(CCOC)C(=O)C(=O)Nc1ccc2cn[nH]c2c1. The van der Waals surface area contributed by atoms with Crippen LogP contribution in [0, 0.1) is 0 Å². The van der Waals surface area contributed by atoms with Crippen LogP contribution in [0.2, 0.25) is 0 Å². The van der Waals surface area contributed by atoms with Crippen molar-refractivity contribution in [3.8, 4) is 0 Å². The smallest absolute Gasteiger partial charge is 0.313 e. The van der Waals surface area contributed by atoms with Crippen molar-refractivity contribution in [1.29, 1.82) is 0 Å². The summed E-state index contributed by atoms with van der Waals surface area (Å²) >= 11 is 0. The summed E-state index contributed by atoms with van der Waals surface area (Å²) in [5.74, 6) is -1.32. The van der Waals surface area contributed by atoms with Gasteiger partial charge in [0.15, 0.2) is 0 Å². The van der Waals surface area contributed by atoms with E-state index in [0.29, 0.717) is 32.0 Å². The molecular formula is C15H20N4O4. The maximum absolute atomic E-state index is 12.3. The number of rotatable bonds is 7. The van der Waals surface area contributed by atoms with Gasteiger partial charge in [-0.05, 0) is 18.2 Å². The molecule has 2 N–H and O–H groups in total. The van der Waals surface area contributed by atoms with E-state index < -0.39 is 11.8 Å². The summed E-state index contributed by atoms with van der Waals surface area (Å²) in [5, 5.41) is 10.2. The van der Waals surface area contributed by atoms with E-state index in [2.05, 4.69) is 15.5 Å². The minimum absolute atomic E-state index is 0.325. The first-order valence-electron chi connectivity index (χ1n) is 7.17. The van der Waals surface area contributed by atoms with Gasteiger partial charge in [-0.15, -0.1) is 0 Å². The number of carbonyl (C=O) groups is 2. The summed E-state index contributed by atoms with van der Waals surface area (Å²) in [6.07, 6.45) is 1.68. The Hall–Kier alpha value is -2.45. The number of carbonyl (C=O) groups excluding carboxylic acids is 2. The Balaban J connectivity index is 2.02. The average molecular weight is 320 g/mol. The maximum atomic E-state index is 12.3. The number of hydrogen-bond donors (Lipinski definition) is 2. The van der Waals surface area contributed by atoms with E-state index in [0.717, 1.165) is 10.9 Å². The lowest BCUT2D eigenvalue weighted by atomic mass is 10.2. The molecule has 0 saturated carbocycles. The Kier molecular flexibility index (Phi) is 6.07. The van der Waals surface area contributed by atoms with Crippen molar-refractivity contribution < 1.29 is 19.1 Å². The average Bonchev–Trinajstić information content (AvgIpc) is 3.02. The van der Waals surface area contributed by atoms with Gasteiger partial charge in [-0.25, -0.2) is 0 Å². The van der Waals surface area contributed by atoms with Crippen LogP contribution in [0.4, 0.5) is 5.69 Å². The Labute approximate surface area is 133 Å². The molecule has 23 heavy (non-hydrogen) atoms. The third kappa shape index (κ3) is 4.51. The molecule has 2 rings (SSSR count). The zero-order valence-electron chi connectivity index (χ0n) is 13.2. The summed E-state index contributed by atoms with van der Waals surface area (Å²) in [4.78, 5) is 25.8. The van der Waals surface area contributed by atoms with Crippen molar-refractivity contribution in [2.75, 3.05) is 45.8 Å². The lowest BCUT2D eigenvalue weighted by Gasteiger charge is -2.21. The number of methoxy groups -OCH3 is 2. The molecule has 0 aliphatic carbocycles. The van der Waals surface area contributed by atoms with Crippen LogP contribution in [0.5, 0.6) is 0 Å². The molecule has 0 fully saturated rings. The summed E-state index contributed by atoms with van der Waals surface area (Å²) < 4.78 is 9.92. The third-order valence-corrected chi connectivity index (χ3v) is 3.31. The first-order valence-corrected chi connectivity index (χ1v) is 7.17. The number of aromatic amines is 1. The molecule has 1 heterocycles. The second kappa shape index (κ2) is 8.25. The van der Waals surface area contributed by atoms with Gasteiger partial charge in [-0.3, -0.25) is 14.7 Å². The number of hydrogen-bond acceptors (Lipinski definition) is 5. The molecule has 0 spiro atoms. The molecule has 0 atom stereocenters. The van der Waals surface area contributed by atoms with Crippen molar-refractivity contribution in [3.05, 3.63) is 24.4 Å². The summed E-state index contributed by atoms with van der Waals surface area (Å²) in [5.41, 5.74) is 1.31. The van der Waals surface area contributed by atoms with E-state index in [4.69, 9.17) is 9.47 Å². The molecule has 0 bridgehead atoms. The molecule has 8 nitrogen and oxygen atoms in total. The number of nitrogens with one attached hydrogen (secondary N) is 2. The number of amides is 2. The zero-order chi connectivity index (χ0) is 16.7. The number of fused-ring (bicyclic) bond motifs is 1.